The summed E-state index contributed by atoms with van der Waals surface area (Å²) < 4.78 is 16.1. The highest BCUT2D eigenvalue weighted by atomic mass is 16.5. The molecule has 1 atom stereocenters. The Labute approximate surface area is 206 Å². The van der Waals surface area contributed by atoms with Gasteiger partial charge in [0.15, 0.2) is 11.5 Å². The van der Waals surface area contributed by atoms with Crippen molar-refractivity contribution in [3.8, 4) is 22.9 Å². The predicted molar refractivity (Wildman–Crippen MR) is 133 cm³/mol. The third-order valence-corrected chi connectivity index (χ3v) is 6.40. The Bertz CT molecular complexity index is 1110. The number of aromatic nitrogens is 2. The highest BCUT2D eigenvalue weighted by Crippen LogP contribution is 2.28. The zero-order valence-electron chi connectivity index (χ0n) is 20.8. The SMILES string of the molecule is COc1ccc(CCCNC(=O)C2CCCN(Cc3nc(-c4ccc(C)cc4)no3)C2)cc1OC. The van der Waals surface area contributed by atoms with E-state index < -0.39 is 0 Å². The molecule has 0 bridgehead atoms. The van der Waals surface area contributed by atoms with Crippen LogP contribution in [-0.2, 0) is 17.8 Å². The summed E-state index contributed by atoms with van der Waals surface area (Å²) in [6, 6.07) is 14.0. The van der Waals surface area contributed by atoms with Gasteiger partial charge in [-0.25, -0.2) is 0 Å². The number of piperidine rings is 1. The molecule has 3 aromatic rings. The predicted octanol–water partition coefficient (Wildman–Crippen LogP) is 4.02. The maximum Gasteiger partial charge on any atom is 0.241 e. The first-order chi connectivity index (χ1) is 17.1. The summed E-state index contributed by atoms with van der Waals surface area (Å²) in [5, 5.41) is 7.24. The Balaban J connectivity index is 1.22. The number of methoxy groups -OCH3 is 2. The standard InChI is InChI=1S/C27H34N4O4/c1-19-8-11-21(12-9-19)26-29-25(35-30-26)18-31-15-5-7-22(17-31)27(32)28-14-4-6-20-10-13-23(33-2)24(16-20)34-3/h8-13,16,22H,4-7,14-15,17-18H2,1-3H3,(H,28,32). The number of carbonyl (C=O) groups excluding carboxylic acids is 1. The van der Waals surface area contributed by atoms with Crippen molar-refractivity contribution in [1.82, 2.24) is 20.4 Å². The van der Waals surface area contributed by atoms with Gasteiger partial charge in [-0.3, -0.25) is 9.69 Å². The van der Waals surface area contributed by atoms with E-state index in [1.165, 1.54) is 5.56 Å². The van der Waals surface area contributed by atoms with Crippen molar-refractivity contribution in [2.24, 2.45) is 5.92 Å². The summed E-state index contributed by atoms with van der Waals surface area (Å²) in [6.07, 6.45) is 3.60. The summed E-state index contributed by atoms with van der Waals surface area (Å²) in [5.74, 6) is 2.72. The number of aryl methyl sites for hydroxylation is 2. The van der Waals surface area contributed by atoms with Gasteiger partial charge in [-0.15, -0.1) is 0 Å². The minimum atomic E-state index is -0.0238. The molecule has 35 heavy (non-hydrogen) atoms. The zero-order valence-corrected chi connectivity index (χ0v) is 20.8. The van der Waals surface area contributed by atoms with Gasteiger partial charge in [0.25, 0.3) is 0 Å². The average molecular weight is 479 g/mol. The second-order valence-corrected chi connectivity index (χ2v) is 9.04. The molecule has 8 heteroatoms. The topological polar surface area (TPSA) is 89.7 Å². The molecule has 1 aliphatic rings. The number of nitrogens with zero attached hydrogens (tertiary/aromatic N) is 3. The molecule has 1 N–H and O–H groups in total. The van der Waals surface area contributed by atoms with Gasteiger partial charge in [-0.2, -0.15) is 4.98 Å². The first kappa shape index (κ1) is 24.7. The summed E-state index contributed by atoms with van der Waals surface area (Å²) >= 11 is 0. The van der Waals surface area contributed by atoms with Crippen LogP contribution in [0.3, 0.4) is 0 Å². The van der Waals surface area contributed by atoms with Crippen LogP contribution >= 0.6 is 0 Å². The largest absolute Gasteiger partial charge is 0.493 e. The maximum absolute atomic E-state index is 12.8. The third kappa shape index (κ3) is 6.60. The number of nitrogens with one attached hydrogen (secondary N) is 1. The van der Waals surface area contributed by atoms with Gasteiger partial charge in [-0.05, 0) is 56.8 Å². The molecule has 1 amide bonds. The van der Waals surface area contributed by atoms with Crippen LogP contribution in [0.15, 0.2) is 47.0 Å². The Morgan fingerprint density at radius 3 is 2.71 bits per heavy atom. The molecule has 1 saturated heterocycles. The van der Waals surface area contributed by atoms with Crippen molar-refractivity contribution >= 4 is 5.91 Å². The van der Waals surface area contributed by atoms with E-state index in [0.717, 1.165) is 54.9 Å². The molecule has 186 valence electrons. The Morgan fingerprint density at radius 2 is 1.94 bits per heavy atom. The molecular weight excluding hydrogens is 444 g/mol. The molecule has 0 saturated carbocycles. The highest BCUT2D eigenvalue weighted by Gasteiger charge is 2.26. The second-order valence-electron chi connectivity index (χ2n) is 9.04. The van der Waals surface area contributed by atoms with Gasteiger partial charge in [0.2, 0.25) is 17.6 Å². The first-order valence-corrected chi connectivity index (χ1v) is 12.2. The molecule has 1 aromatic heterocycles. The highest BCUT2D eigenvalue weighted by molar-refractivity contribution is 5.78. The van der Waals surface area contributed by atoms with E-state index >= 15 is 0 Å². The quantitative estimate of drug-likeness (QED) is 0.440. The van der Waals surface area contributed by atoms with Gasteiger partial charge < -0.3 is 19.3 Å². The van der Waals surface area contributed by atoms with Gasteiger partial charge in [-0.1, -0.05) is 41.1 Å². The minimum Gasteiger partial charge on any atom is -0.493 e. The number of ether oxygens (including phenoxy) is 2. The lowest BCUT2D eigenvalue weighted by Crippen LogP contribution is -2.43. The summed E-state index contributed by atoms with van der Waals surface area (Å²) in [7, 11) is 3.26. The average Bonchev–Trinajstić information content (AvgIpc) is 3.35. The van der Waals surface area contributed by atoms with E-state index in [-0.39, 0.29) is 11.8 Å². The van der Waals surface area contributed by atoms with E-state index in [1.807, 2.05) is 49.4 Å². The van der Waals surface area contributed by atoms with Crippen molar-refractivity contribution in [2.45, 2.75) is 39.2 Å². The molecule has 1 unspecified atom stereocenters. The number of hydrogen-bond donors (Lipinski definition) is 1. The number of hydrogen-bond acceptors (Lipinski definition) is 7. The van der Waals surface area contributed by atoms with Crippen LogP contribution in [0.2, 0.25) is 0 Å². The fourth-order valence-electron chi connectivity index (χ4n) is 4.43. The number of amides is 1. The summed E-state index contributed by atoms with van der Waals surface area (Å²) in [4.78, 5) is 19.6. The van der Waals surface area contributed by atoms with Crippen LogP contribution in [0.25, 0.3) is 11.4 Å². The number of rotatable bonds is 10. The van der Waals surface area contributed by atoms with Crippen molar-refractivity contribution in [3.63, 3.8) is 0 Å². The smallest absolute Gasteiger partial charge is 0.241 e. The lowest BCUT2D eigenvalue weighted by molar-refractivity contribution is -0.126. The van der Waals surface area contributed by atoms with E-state index in [1.54, 1.807) is 14.2 Å². The normalized spacial score (nSPS) is 16.1. The molecule has 1 aliphatic heterocycles. The molecule has 2 heterocycles. The van der Waals surface area contributed by atoms with Crippen molar-refractivity contribution in [3.05, 3.63) is 59.5 Å². The molecule has 1 fully saturated rings. The first-order valence-electron chi connectivity index (χ1n) is 12.2. The van der Waals surface area contributed by atoms with E-state index in [4.69, 9.17) is 14.0 Å². The molecule has 2 aromatic carbocycles. The van der Waals surface area contributed by atoms with Gasteiger partial charge in [0.1, 0.15) is 0 Å². The van der Waals surface area contributed by atoms with Crippen molar-refractivity contribution in [2.75, 3.05) is 33.9 Å². The summed E-state index contributed by atoms with van der Waals surface area (Å²) in [5.41, 5.74) is 3.29. The fraction of sp³-hybridized carbons (Fsp3) is 0.444. The third-order valence-electron chi connectivity index (χ3n) is 6.40. The molecule has 8 nitrogen and oxygen atoms in total. The van der Waals surface area contributed by atoms with Crippen LogP contribution in [0.4, 0.5) is 0 Å². The van der Waals surface area contributed by atoms with Gasteiger partial charge in [0, 0.05) is 18.7 Å². The summed E-state index contributed by atoms with van der Waals surface area (Å²) in [6.45, 7) is 4.87. The van der Waals surface area contributed by atoms with Crippen LogP contribution in [0.1, 0.15) is 36.3 Å². The second kappa shape index (κ2) is 11.8. The van der Waals surface area contributed by atoms with Crippen molar-refractivity contribution in [1.29, 1.82) is 0 Å². The van der Waals surface area contributed by atoms with Crippen LogP contribution in [0.5, 0.6) is 11.5 Å². The fourth-order valence-corrected chi connectivity index (χ4v) is 4.43. The number of benzene rings is 2. The van der Waals surface area contributed by atoms with Crippen LogP contribution in [0, 0.1) is 12.8 Å². The lowest BCUT2D eigenvalue weighted by atomic mass is 9.97. The van der Waals surface area contributed by atoms with E-state index in [2.05, 4.69) is 20.4 Å². The maximum atomic E-state index is 12.8. The van der Waals surface area contributed by atoms with Crippen LogP contribution in [-0.4, -0.2) is 54.8 Å². The monoisotopic (exact) mass is 478 g/mol. The molecule has 0 spiro atoms. The van der Waals surface area contributed by atoms with Gasteiger partial charge in [0.05, 0.1) is 26.7 Å². The zero-order chi connectivity index (χ0) is 24.6. The Kier molecular flexibility index (Phi) is 8.36. The van der Waals surface area contributed by atoms with E-state index in [9.17, 15) is 4.79 Å². The lowest BCUT2D eigenvalue weighted by Gasteiger charge is -2.30. The van der Waals surface area contributed by atoms with E-state index in [0.29, 0.717) is 31.3 Å². The van der Waals surface area contributed by atoms with Crippen LogP contribution < -0.4 is 14.8 Å². The van der Waals surface area contributed by atoms with Gasteiger partial charge >= 0.3 is 0 Å². The molecular formula is C27H34N4O4. The minimum absolute atomic E-state index is 0.0238. The number of likely N-dealkylation sites (tertiary alicyclic amines) is 1. The Morgan fingerprint density at radius 1 is 1.14 bits per heavy atom. The molecule has 4 rings (SSSR count). The Hall–Kier alpha value is -3.39. The molecule has 0 aliphatic carbocycles. The molecule has 0 radical (unpaired) electrons. The van der Waals surface area contributed by atoms with Crippen molar-refractivity contribution < 1.29 is 18.8 Å². The number of carbonyl (C=O) groups is 1.